The highest BCUT2D eigenvalue weighted by Gasteiger charge is 2.44. The Hall–Kier alpha value is -1.81. The largest absolute Gasteiger partial charge is 0.399 e. The Kier molecular flexibility index (Phi) is 4.71. The van der Waals surface area contributed by atoms with Crippen LogP contribution in [0.3, 0.4) is 0 Å². The SMILES string of the molecule is Nc1ccccc1CCC(=O)NCC1(c2cccc(Br)c2)CC1. The molecule has 3 N–H and O–H groups in total. The zero-order valence-corrected chi connectivity index (χ0v) is 14.6. The molecule has 0 bridgehead atoms. The molecule has 0 heterocycles. The van der Waals surface area contributed by atoms with E-state index in [1.54, 1.807) is 0 Å². The Morgan fingerprint density at radius 2 is 1.96 bits per heavy atom. The highest BCUT2D eigenvalue weighted by Crippen LogP contribution is 2.48. The molecule has 2 aromatic rings. The van der Waals surface area contributed by atoms with Crippen LogP contribution in [-0.2, 0) is 16.6 Å². The van der Waals surface area contributed by atoms with E-state index in [2.05, 4.69) is 39.4 Å². The summed E-state index contributed by atoms with van der Waals surface area (Å²) in [6.07, 6.45) is 3.43. The van der Waals surface area contributed by atoms with Gasteiger partial charge in [-0.3, -0.25) is 4.79 Å². The maximum absolute atomic E-state index is 12.1. The van der Waals surface area contributed by atoms with Crippen molar-refractivity contribution in [2.45, 2.75) is 31.1 Å². The third-order valence-electron chi connectivity index (χ3n) is 4.59. The van der Waals surface area contributed by atoms with Gasteiger partial charge < -0.3 is 11.1 Å². The van der Waals surface area contributed by atoms with Crippen LogP contribution in [0.1, 0.15) is 30.4 Å². The van der Waals surface area contributed by atoms with E-state index in [-0.39, 0.29) is 11.3 Å². The van der Waals surface area contributed by atoms with Crippen LogP contribution in [-0.4, -0.2) is 12.5 Å². The summed E-state index contributed by atoms with van der Waals surface area (Å²) in [5.41, 5.74) is 9.14. The number of hydrogen-bond donors (Lipinski definition) is 2. The van der Waals surface area contributed by atoms with Crippen LogP contribution in [0.5, 0.6) is 0 Å². The lowest BCUT2D eigenvalue weighted by atomic mass is 9.96. The molecule has 3 nitrogen and oxygen atoms in total. The lowest BCUT2D eigenvalue weighted by molar-refractivity contribution is -0.121. The van der Waals surface area contributed by atoms with Crippen LogP contribution in [0.25, 0.3) is 0 Å². The van der Waals surface area contributed by atoms with Crippen LogP contribution in [0.4, 0.5) is 5.69 Å². The van der Waals surface area contributed by atoms with Gasteiger partial charge in [0.05, 0.1) is 0 Å². The van der Waals surface area contributed by atoms with E-state index in [0.717, 1.165) is 28.6 Å². The van der Waals surface area contributed by atoms with Crippen molar-refractivity contribution in [3.63, 3.8) is 0 Å². The number of rotatable bonds is 6. The average Bonchev–Trinajstić information content (AvgIpc) is 3.33. The topological polar surface area (TPSA) is 55.1 Å². The lowest BCUT2D eigenvalue weighted by Gasteiger charge is -2.17. The Bertz CT molecular complexity index is 710. The third-order valence-corrected chi connectivity index (χ3v) is 5.08. The molecule has 0 aromatic heterocycles. The molecule has 0 saturated heterocycles. The molecule has 1 fully saturated rings. The highest BCUT2D eigenvalue weighted by atomic mass is 79.9. The van der Waals surface area contributed by atoms with Crippen molar-refractivity contribution in [2.24, 2.45) is 0 Å². The summed E-state index contributed by atoms with van der Waals surface area (Å²) < 4.78 is 1.09. The molecular formula is C19H21BrN2O. The molecular weight excluding hydrogens is 352 g/mol. The second-order valence-corrected chi connectivity index (χ2v) is 7.18. The molecule has 0 radical (unpaired) electrons. The van der Waals surface area contributed by atoms with Crippen LogP contribution >= 0.6 is 15.9 Å². The molecule has 120 valence electrons. The van der Waals surface area contributed by atoms with Gasteiger partial charge in [0.25, 0.3) is 0 Å². The number of nitrogens with two attached hydrogens (primary N) is 1. The van der Waals surface area contributed by atoms with Crippen LogP contribution < -0.4 is 11.1 Å². The van der Waals surface area contributed by atoms with Gasteiger partial charge in [-0.1, -0.05) is 46.3 Å². The van der Waals surface area contributed by atoms with Gasteiger partial charge in [-0.05, 0) is 48.6 Å². The first kappa shape index (κ1) is 16.1. The fraction of sp³-hybridized carbons (Fsp3) is 0.316. The van der Waals surface area contributed by atoms with Gasteiger partial charge in [-0.25, -0.2) is 0 Å². The summed E-state index contributed by atoms with van der Waals surface area (Å²) in [7, 11) is 0. The minimum absolute atomic E-state index is 0.0922. The van der Waals surface area contributed by atoms with Crippen molar-refractivity contribution in [1.82, 2.24) is 5.32 Å². The van der Waals surface area contributed by atoms with Gasteiger partial charge in [0.2, 0.25) is 5.91 Å². The van der Waals surface area contributed by atoms with E-state index in [1.165, 1.54) is 5.56 Å². The number of benzene rings is 2. The van der Waals surface area contributed by atoms with Gasteiger partial charge in [0.1, 0.15) is 0 Å². The second-order valence-electron chi connectivity index (χ2n) is 6.27. The molecule has 0 spiro atoms. The zero-order valence-electron chi connectivity index (χ0n) is 13.0. The van der Waals surface area contributed by atoms with Crippen molar-refractivity contribution in [3.05, 3.63) is 64.1 Å². The number of anilines is 1. The molecule has 3 rings (SSSR count). The van der Waals surface area contributed by atoms with Crippen molar-refractivity contribution in [1.29, 1.82) is 0 Å². The van der Waals surface area contributed by atoms with E-state index in [9.17, 15) is 4.79 Å². The first-order valence-corrected chi connectivity index (χ1v) is 8.74. The van der Waals surface area contributed by atoms with E-state index >= 15 is 0 Å². The molecule has 23 heavy (non-hydrogen) atoms. The molecule has 0 atom stereocenters. The molecule has 4 heteroatoms. The number of carbonyl (C=O) groups is 1. The number of hydrogen-bond acceptors (Lipinski definition) is 2. The third kappa shape index (κ3) is 3.94. The first-order valence-electron chi connectivity index (χ1n) is 7.95. The molecule has 1 amide bonds. The van der Waals surface area contributed by atoms with E-state index < -0.39 is 0 Å². The minimum atomic E-state index is 0.0922. The molecule has 1 aliphatic carbocycles. The van der Waals surface area contributed by atoms with Crippen LogP contribution in [0.15, 0.2) is 53.0 Å². The van der Waals surface area contributed by atoms with E-state index in [1.807, 2.05) is 30.3 Å². The average molecular weight is 373 g/mol. The minimum Gasteiger partial charge on any atom is -0.399 e. The fourth-order valence-electron chi connectivity index (χ4n) is 2.90. The number of aryl methyl sites for hydroxylation is 1. The van der Waals surface area contributed by atoms with Crippen molar-refractivity contribution in [3.8, 4) is 0 Å². The van der Waals surface area contributed by atoms with Crippen molar-refractivity contribution >= 4 is 27.5 Å². The quantitative estimate of drug-likeness (QED) is 0.757. The molecule has 0 unspecified atom stereocenters. The predicted octanol–water partition coefficient (Wildman–Crippen LogP) is 3.81. The van der Waals surface area contributed by atoms with Crippen molar-refractivity contribution < 1.29 is 4.79 Å². The number of amides is 1. The van der Waals surface area contributed by atoms with E-state index in [4.69, 9.17) is 5.73 Å². The maximum atomic E-state index is 12.1. The summed E-state index contributed by atoms with van der Waals surface area (Å²) in [4.78, 5) is 12.1. The molecule has 1 saturated carbocycles. The summed E-state index contributed by atoms with van der Waals surface area (Å²) in [5, 5.41) is 3.10. The van der Waals surface area contributed by atoms with Crippen molar-refractivity contribution in [2.75, 3.05) is 12.3 Å². The maximum Gasteiger partial charge on any atom is 0.220 e. The second kappa shape index (κ2) is 6.75. The Morgan fingerprint density at radius 3 is 2.65 bits per heavy atom. The summed E-state index contributed by atoms with van der Waals surface area (Å²) in [6, 6.07) is 16.1. The fourth-order valence-corrected chi connectivity index (χ4v) is 3.30. The van der Waals surface area contributed by atoms with Gasteiger partial charge in [-0.15, -0.1) is 0 Å². The monoisotopic (exact) mass is 372 g/mol. The van der Waals surface area contributed by atoms with Crippen LogP contribution in [0.2, 0.25) is 0 Å². The Balaban J connectivity index is 1.52. The molecule has 0 aliphatic heterocycles. The van der Waals surface area contributed by atoms with Gasteiger partial charge >= 0.3 is 0 Å². The standard InChI is InChI=1S/C19H21BrN2O/c20-16-6-3-5-15(12-16)19(10-11-19)13-22-18(23)9-8-14-4-1-2-7-17(14)21/h1-7,12H,8-11,13,21H2,(H,22,23). The Labute approximate surface area is 145 Å². The smallest absolute Gasteiger partial charge is 0.220 e. The predicted molar refractivity (Wildman–Crippen MR) is 97.2 cm³/mol. The van der Waals surface area contributed by atoms with Crippen LogP contribution in [0, 0.1) is 0 Å². The number of halogens is 1. The zero-order chi connectivity index (χ0) is 16.3. The molecule has 1 aliphatic rings. The Morgan fingerprint density at radius 1 is 1.17 bits per heavy atom. The van der Waals surface area contributed by atoms with Gasteiger partial charge in [0, 0.05) is 28.5 Å². The first-order chi connectivity index (χ1) is 11.1. The highest BCUT2D eigenvalue weighted by molar-refractivity contribution is 9.10. The number of nitrogen functional groups attached to an aromatic ring is 1. The van der Waals surface area contributed by atoms with Gasteiger partial charge in [-0.2, -0.15) is 0 Å². The number of nitrogens with one attached hydrogen (secondary N) is 1. The summed E-state index contributed by atoms with van der Waals surface area (Å²) >= 11 is 3.52. The summed E-state index contributed by atoms with van der Waals surface area (Å²) in [6.45, 7) is 0.715. The normalized spacial score (nSPS) is 15.2. The lowest BCUT2D eigenvalue weighted by Crippen LogP contribution is -2.32. The number of para-hydroxylation sites is 1. The number of carbonyl (C=O) groups excluding carboxylic acids is 1. The summed E-state index contributed by atoms with van der Waals surface area (Å²) in [5.74, 6) is 0.0922. The van der Waals surface area contributed by atoms with E-state index in [0.29, 0.717) is 19.4 Å². The molecule has 2 aromatic carbocycles. The van der Waals surface area contributed by atoms with Gasteiger partial charge in [0.15, 0.2) is 0 Å².